The van der Waals surface area contributed by atoms with E-state index in [1.807, 2.05) is 60.3 Å². The molecule has 5 aromatic rings. The van der Waals surface area contributed by atoms with Crippen molar-refractivity contribution in [1.29, 1.82) is 0 Å². The summed E-state index contributed by atoms with van der Waals surface area (Å²) >= 11 is 0. The van der Waals surface area contributed by atoms with Gasteiger partial charge in [-0.15, -0.1) is 0 Å². The van der Waals surface area contributed by atoms with E-state index in [0.29, 0.717) is 0 Å². The largest absolute Gasteiger partial charge is 0.338 e. The maximum atomic E-state index is 4.82. The van der Waals surface area contributed by atoms with Gasteiger partial charge in [0.2, 0.25) is 0 Å². The van der Waals surface area contributed by atoms with Gasteiger partial charge in [-0.2, -0.15) is 0 Å². The first-order chi connectivity index (χ1) is 12.3. The standard InChI is InChI=1S/C20H15N5/c1-25-12-21-11-19(25)18-10-14(13-6-2-3-7-15(13)22-18)20-23-16-8-4-5-9-17(16)24-20/h2-12H,1H3,(H,23,24). The van der Waals surface area contributed by atoms with E-state index < -0.39 is 0 Å². The zero-order valence-corrected chi connectivity index (χ0v) is 13.6. The summed E-state index contributed by atoms with van der Waals surface area (Å²) in [6.45, 7) is 0. The summed E-state index contributed by atoms with van der Waals surface area (Å²) in [5.41, 5.74) is 5.83. The Morgan fingerprint density at radius 1 is 0.920 bits per heavy atom. The lowest BCUT2D eigenvalue weighted by atomic mass is 10.1. The van der Waals surface area contributed by atoms with Gasteiger partial charge in [0.15, 0.2) is 0 Å². The summed E-state index contributed by atoms with van der Waals surface area (Å²) in [5.74, 6) is 0.850. The van der Waals surface area contributed by atoms with Gasteiger partial charge in [-0.05, 0) is 24.3 Å². The summed E-state index contributed by atoms with van der Waals surface area (Å²) in [7, 11) is 1.97. The van der Waals surface area contributed by atoms with Crippen LogP contribution >= 0.6 is 0 Å². The Hall–Kier alpha value is -3.47. The first kappa shape index (κ1) is 13.9. The highest BCUT2D eigenvalue weighted by molar-refractivity contribution is 5.96. The van der Waals surface area contributed by atoms with Crippen LogP contribution in [-0.2, 0) is 7.05 Å². The van der Waals surface area contributed by atoms with E-state index in [-0.39, 0.29) is 0 Å². The molecular formula is C20H15N5. The van der Waals surface area contributed by atoms with Crippen LogP contribution in [0.1, 0.15) is 0 Å². The summed E-state index contributed by atoms with van der Waals surface area (Å²) < 4.78 is 1.97. The van der Waals surface area contributed by atoms with Gasteiger partial charge in [0, 0.05) is 18.0 Å². The van der Waals surface area contributed by atoms with Gasteiger partial charge >= 0.3 is 0 Å². The van der Waals surface area contributed by atoms with Crippen LogP contribution in [0.5, 0.6) is 0 Å². The van der Waals surface area contributed by atoms with Crippen molar-refractivity contribution in [3.05, 3.63) is 67.1 Å². The van der Waals surface area contributed by atoms with E-state index >= 15 is 0 Å². The topological polar surface area (TPSA) is 59.4 Å². The molecule has 0 bridgehead atoms. The van der Waals surface area contributed by atoms with Crippen LogP contribution < -0.4 is 0 Å². The van der Waals surface area contributed by atoms with Crippen molar-refractivity contribution in [1.82, 2.24) is 24.5 Å². The average molecular weight is 325 g/mol. The number of aromatic amines is 1. The first-order valence-electron chi connectivity index (χ1n) is 8.11. The Labute approximate surface area is 144 Å². The average Bonchev–Trinajstić information content (AvgIpc) is 3.26. The van der Waals surface area contributed by atoms with Gasteiger partial charge in [0.05, 0.1) is 40.5 Å². The molecule has 5 rings (SSSR count). The minimum absolute atomic E-state index is 0.850. The maximum Gasteiger partial charge on any atom is 0.139 e. The quantitative estimate of drug-likeness (QED) is 0.530. The van der Waals surface area contributed by atoms with Crippen molar-refractivity contribution >= 4 is 21.9 Å². The molecule has 0 aliphatic rings. The number of imidazole rings is 2. The molecule has 3 aromatic heterocycles. The van der Waals surface area contributed by atoms with Crippen molar-refractivity contribution in [3.63, 3.8) is 0 Å². The summed E-state index contributed by atoms with van der Waals surface area (Å²) in [4.78, 5) is 17.2. The fraction of sp³-hybridized carbons (Fsp3) is 0.0500. The number of nitrogens with zero attached hydrogens (tertiary/aromatic N) is 4. The maximum absolute atomic E-state index is 4.82. The first-order valence-corrected chi connectivity index (χ1v) is 8.11. The van der Waals surface area contributed by atoms with Crippen molar-refractivity contribution in [2.24, 2.45) is 7.05 Å². The lowest BCUT2D eigenvalue weighted by Crippen LogP contribution is -1.95. The third-order valence-electron chi connectivity index (χ3n) is 4.44. The molecule has 0 spiro atoms. The smallest absolute Gasteiger partial charge is 0.139 e. The molecule has 0 aliphatic heterocycles. The van der Waals surface area contributed by atoms with Crippen molar-refractivity contribution < 1.29 is 0 Å². The number of rotatable bonds is 2. The second-order valence-electron chi connectivity index (χ2n) is 6.06. The lowest BCUT2D eigenvalue weighted by Gasteiger charge is -2.08. The Balaban J connectivity index is 1.82. The van der Waals surface area contributed by atoms with E-state index in [9.17, 15) is 0 Å². The highest BCUT2D eigenvalue weighted by Crippen LogP contribution is 2.31. The number of hydrogen-bond donors (Lipinski definition) is 1. The van der Waals surface area contributed by atoms with Gasteiger partial charge in [-0.3, -0.25) is 0 Å². The molecule has 0 saturated heterocycles. The van der Waals surface area contributed by atoms with E-state index in [0.717, 1.165) is 44.7 Å². The second-order valence-corrected chi connectivity index (χ2v) is 6.06. The van der Waals surface area contributed by atoms with Crippen LogP contribution in [0.15, 0.2) is 67.1 Å². The van der Waals surface area contributed by atoms with Gasteiger partial charge in [-0.25, -0.2) is 15.0 Å². The van der Waals surface area contributed by atoms with Crippen LogP contribution in [0.2, 0.25) is 0 Å². The van der Waals surface area contributed by atoms with E-state index in [1.165, 1.54) is 0 Å². The Kier molecular flexibility index (Phi) is 2.94. The number of fused-ring (bicyclic) bond motifs is 2. The highest BCUT2D eigenvalue weighted by atomic mass is 15.0. The van der Waals surface area contributed by atoms with E-state index in [2.05, 4.69) is 22.1 Å². The minimum atomic E-state index is 0.850. The van der Waals surface area contributed by atoms with Crippen LogP contribution in [0.3, 0.4) is 0 Å². The molecule has 2 aromatic carbocycles. The molecule has 0 fully saturated rings. The number of pyridine rings is 1. The third kappa shape index (κ3) is 2.21. The van der Waals surface area contributed by atoms with Crippen molar-refractivity contribution in [2.75, 3.05) is 0 Å². The fourth-order valence-electron chi connectivity index (χ4n) is 3.19. The molecule has 0 saturated carbocycles. The summed E-state index contributed by atoms with van der Waals surface area (Å²) in [6, 6.07) is 18.3. The predicted octanol–water partition coefficient (Wildman–Crippen LogP) is 4.18. The SMILES string of the molecule is Cn1cncc1-c1cc(-c2nc3ccccc3[nH]2)c2ccccc2n1. The Bertz CT molecular complexity index is 1180. The number of hydrogen-bond acceptors (Lipinski definition) is 3. The van der Waals surface area contributed by atoms with Crippen molar-refractivity contribution in [2.45, 2.75) is 0 Å². The van der Waals surface area contributed by atoms with E-state index in [4.69, 9.17) is 9.97 Å². The van der Waals surface area contributed by atoms with Crippen LogP contribution in [0.4, 0.5) is 0 Å². The number of nitrogens with one attached hydrogen (secondary N) is 1. The molecule has 5 nitrogen and oxygen atoms in total. The monoisotopic (exact) mass is 325 g/mol. The highest BCUT2D eigenvalue weighted by Gasteiger charge is 2.14. The Morgan fingerprint density at radius 2 is 1.72 bits per heavy atom. The molecule has 3 heterocycles. The third-order valence-corrected chi connectivity index (χ3v) is 4.44. The molecule has 5 heteroatoms. The number of para-hydroxylation sites is 3. The normalized spacial score (nSPS) is 11.4. The molecular weight excluding hydrogens is 310 g/mol. The fourth-order valence-corrected chi connectivity index (χ4v) is 3.19. The molecule has 0 atom stereocenters. The zero-order valence-electron chi connectivity index (χ0n) is 13.6. The van der Waals surface area contributed by atoms with Gasteiger partial charge < -0.3 is 9.55 Å². The molecule has 120 valence electrons. The van der Waals surface area contributed by atoms with Crippen LogP contribution in [0.25, 0.3) is 44.7 Å². The summed E-state index contributed by atoms with van der Waals surface area (Å²) in [6.07, 6.45) is 3.62. The number of aryl methyl sites for hydroxylation is 1. The van der Waals surface area contributed by atoms with Crippen LogP contribution in [-0.4, -0.2) is 24.5 Å². The molecule has 25 heavy (non-hydrogen) atoms. The minimum Gasteiger partial charge on any atom is -0.338 e. The molecule has 0 radical (unpaired) electrons. The number of aromatic nitrogens is 5. The van der Waals surface area contributed by atoms with Gasteiger partial charge in [0.25, 0.3) is 0 Å². The molecule has 0 unspecified atom stereocenters. The van der Waals surface area contributed by atoms with E-state index in [1.54, 1.807) is 6.33 Å². The van der Waals surface area contributed by atoms with Gasteiger partial charge in [-0.1, -0.05) is 30.3 Å². The second kappa shape index (κ2) is 5.27. The number of H-pyrrole nitrogens is 1. The zero-order chi connectivity index (χ0) is 16.8. The Morgan fingerprint density at radius 3 is 2.52 bits per heavy atom. The lowest BCUT2D eigenvalue weighted by molar-refractivity contribution is 0.917. The van der Waals surface area contributed by atoms with Crippen molar-refractivity contribution in [3.8, 4) is 22.8 Å². The number of benzene rings is 2. The summed E-state index contributed by atoms with van der Waals surface area (Å²) in [5, 5.41) is 1.08. The molecule has 1 N–H and O–H groups in total. The molecule has 0 aliphatic carbocycles. The van der Waals surface area contributed by atoms with Gasteiger partial charge in [0.1, 0.15) is 5.82 Å². The molecule has 0 amide bonds. The van der Waals surface area contributed by atoms with Crippen LogP contribution in [0, 0.1) is 0 Å². The predicted molar refractivity (Wildman–Crippen MR) is 99.0 cm³/mol.